The fourth-order valence-electron chi connectivity index (χ4n) is 2.12. The molecule has 0 saturated heterocycles. The Kier molecular flexibility index (Phi) is 4.72. The number of benzene rings is 1. The van der Waals surface area contributed by atoms with Gasteiger partial charge in [-0.25, -0.2) is 0 Å². The third-order valence-electron chi connectivity index (χ3n) is 3.17. The van der Waals surface area contributed by atoms with Gasteiger partial charge in [-0.3, -0.25) is 19.7 Å². The first-order valence-corrected chi connectivity index (χ1v) is 6.69. The minimum atomic E-state index is -0.896. The molecular formula is C14H15N3O5. The highest BCUT2D eigenvalue weighted by Crippen LogP contribution is 2.21. The van der Waals surface area contributed by atoms with Gasteiger partial charge >= 0.3 is 5.97 Å². The first-order chi connectivity index (χ1) is 10.5. The molecule has 0 fully saturated rings. The summed E-state index contributed by atoms with van der Waals surface area (Å²) in [6.45, 7) is 0.379. The smallest absolute Gasteiger partial charge is 0.303 e. The van der Waals surface area contributed by atoms with E-state index in [1.54, 1.807) is 22.9 Å². The van der Waals surface area contributed by atoms with E-state index >= 15 is 0 Å². The summed E-state index contributed by atoms with van der Waals surface area (Å²) >= 11 is 0. The van der Waals surface area contributed by atoms with Crippen LogP contribution in [0, 0.1) is 10.1 Å². The van der Waals surface area contributed by atoms with Gasteiger partial charge in [0.2, 0.25) is 5.91 Å². The maximum absolute atomic E-state index is 11.8. The van der Waals surface area contributed by atoms with Crippen LogP contribution >= 0.6 is 0 Å². The fourth-order valence-corrected chi connectivity index (χ4v) is 2.12. The molecule has 2 rings (SSSR count). The van der Waals surface area contributed by atoms with Crippen LogP contribution in [0.25, 0.3) is 10.9 Å². The zero-order chi connectivity index (χ0) is 16.1. The highest BCUT2D eigenvalue weighted by molar-refractivity contribution is 5.85. The molecule has 8 nitrogen and oxygen atoms in total. The van der Waals surface area contributed by atoms with Crippen LogP contribution in [0.4, 0.5) is 5.69 Å². The van der Waals surface area contributed by atoms with Crippen LogP contribution in [0.1, 0.15) is 12.8 Å². The number of hydrogen-bond donors (Lipinski definition) is 2. The van der Waals surface area contributed by atoms with Crippen LogP contribution in [0.5, 0.6) is 0 Å². The SMILES string of the molecule is O=C(O)CCCNC(=O)Cn1ccc2cc([N+](=O)[O-])ccc21. The van der Waals surface area contributed by atoms with Gasteiger partial charge in [0.25, 0.3) is 5.69 Å². The summed E-state index contributed by atoms with van der Waals surface area (Å²) < 4.78 is 1.69. The molecule has 1 heterocycles. The number of nitrogens with zero attached hydrogens (tertiary/aromatic N) is 2. The van der Waals surface area contributed by atoms with Gasteiger partial charge in [0.1, 0.15) is 6.54 Å². The summed E-state index contributed by atoms with van der Waals surface area (Å²) in [5.74, 6) is -1.13. The number of rotatable bonds is 7. The average Bonchev–Trinajstić information content (AvgIpc) is 2.85. The summed E-state index contributed by atoms with van der Waals surface area (Å²) in [4.78, 5) is 32.4. The molecule has 0 aliphatic rings. The number of amides is 1. The highest BCUT2D eigenvalue weighted by Gasteiger charge is 2.10. The Balaban J connectivity index is 1.98. The van der Waals surface area contributed by atoms with Crippen molar-refractivity contribution < 1.29 is 19.6 Å². The molecule has 1 aromatic heterocycles. The summed E-state index contributed by atoms with van der Waals surface area (Å²) in [6.07, 6.45) is 2.07. The predicted octanol–water partition coefficient (Wildman–Crippen LogP) is 1.53. The number of nitro groups is 1. The van der Waals surface area contributed by atoms with Crippen molar-refractivity contribution in [1.82, 2.24) is 9.88 Å². The Morgan fingerprint density at radius 3 is 2.77 bits per heavy atom. The summed E-state index contributed by atoms with van der Waals surface area (Å²) in [5.41, 5.74) is 0.731. The average molecular weight is 305 g/mol. The molecule has 22 heavy (non-hydrogen) atoms. The molecule has 2 aromatic rings. The molecule has 116 valence electrons. The second kappa shape index (κ2) is 6.70. The van der Waals surface area contributed by atoms with Crippen LogP contribution in [0.15, 0.2) is 30.5 Å². The number of carboxylic acid groups (broad SMARTS) is 1. The molecule has 0 unspecified atom stereocenters. The zero-order valence-electron chi connectivity index (χ0n) is 11.7. The number of aromatic nitrogens is 1. The van der Waals surface area contributed by atoms with Gasteiger partial charge in [0, 0.05) is 42.2 Å². The van der Waals surface area contributed by atoms with E-state index in [9.17, 15) is 19.7 Å². The van der Waals surface area contributed by atoms with E-state index in [0.29, 0.717) is 18.4 Å². The summed E-state index contributed by atoms with van der Waals surface area (Å²) in [5, 5.41) is 22.5. The van der Waals surface area contributed by atoms with Crippen molar-refractivity contribution in [2.24, 2.45) is 0 Å². The topological polar surface area (TPSA) is 114 Å². The summed E-state index contributed by atoms with van der Waals surface area (Å²) in [7, 11) is 0. The van der Waals surface area contributed by atoms with Crippen molar-refractivity contribution in [2.45, 2.75) is 19.4 Å². The summed E-state index contributed by atoms with van der Waals surface area (Å²) in [6, 6.07) is 6.16. The molecule has 0 aliphatic carbocycles. The molecule has 8 heteroatoms. The van der Waals surface area contributed by atoms with Gasteiger partial charge in [-0.1, -0.05) is 0 Å². The normalized spacial score (nSPS) is 10.5. The molecule has 0 spiro atoms. The quantitative estimate of drug-likeness (QED) is 0.457. The zero-order valence-corrected chi connectivity index (χ0v) is 11.7. The monoisotopic (exact) mass is 305 g/mol. The van der Waals surface area contributed by atoms with E-state index in [1.165, 1.54) is 12.1 Å². The van der Waals surface area contributed by atoms with Crippen LogP contribution in [-0.4, -0.2) is 33.0 Å². The van der Waals surface area contributed by atoms with Gasteiger partial charge in [0.05, 0.1) is 4.92 Å². The van der Waals surface area contributed by atoms with Gasteiger partial charge in [-0.15, -0.1) is 0 Å². The molecule has 0 aliphatic heterocycles. The minimum absolute atomic E-state index is 0.00312. The molecule has 0 atom stereocenters. The standard InChI is InChI=1S/C14H15N3O5/c18-13(15-6-1-2-14(19)20)9-16-7-5-10-8-11(17(21)22)3-4-12(10)16/h3-5,7-8H,1-2,6,9H2,(H,15,18)(H,19,20). The molecule has 1 aromatic carbocycles. The van der Waals surface area contributed by atoms with Crippen molar-refractivity contribution in [1.29, 1.82) is 0 Å². The van der Waals surface area contributed by atoms with E-state index < -0.39 is 10.9 Å². The van der Waals surface area contributed by atoms with Gasteiger partial charge in [-0.05, 0) is 18.6 Å². The Morgan fingerprint density at radius 2 is 2.09 bits per heavy atom. The lowest BCUT2D eigenvalue weighted by Crippen LogP contribution is -2.28. The number of nitrogens with one attached hydrogen (secondary N) is 1. The van der Waals surface area contributed by atoms with Crippen molar-refractivity contribution in [3.63, 3.8) is 0 Å². The number of carbonyl (C=O) groups is 2. The Morgan fingerprint density at radius 1 is 1.32 bits per heavy atom. The Labute approximate surface area is 125 Å². The molecule has 0 bridgehead atoms. The number of carboxylic acids is 1. The number of aliphatic carboxylic acids is 1. The van der Waals surface area contributed by atoms with Gasteiger partial charge in [-0.2, -0.15) is 0 Å². The van der Waals surface area contributed by atoms with E-state index in [1.807, 2.05) is 0 Å². The first-order valence-electron chi connectivity index (χ1n) is 6.69. The fraction of sp³-hybridized carbons (Fsp3) is 0.286. The highest BCUT2D eigenvalue weighted by atomic mass is 16.6. The lowest BCUT2D eigenvalue weighted by atomic mass is 10.2. The number of hydrogen-bond acceptors (Lipinski definition) is 4. The Bertz CT molecular complexity index is 722. The first kappa shape index (κ1) is 15.5. The molecule has 0 radical (unpaired) electrons. The van der Waals surface area contributed by atoms with Crippen LogP contribution in [0.2, 0.25) is 0 Å². The number of fused-ring (bicyclic) bond motifs is 1. The molecule has 1 amide bonds. The van der Waals surface area contributed by atoms with Crippen molar-refractivity contribution in [3.8, 4) is 0 Å². The third-order valence-corrected chi connectivity index (χ3v) is 3.17. The lowest BCUT2D eigenvalue weighted by Gasteiger charge is -2.06. The van der Waals surface area contributed by atoms with E-state index in [0.717, 1.165) is 5.52 Å². The van der Waals surface area contributed by atoms with Gasteiger partial charge in [0.15, 0.2) is 0 Å². The lowest BCUT2D eigenvalue weighted by molar-refractivity contribution is -0.384. The minimum Gasteiger partial charge on any atom is -0.481 e. The van der Waals surface area contributed by atoms with Crippen LogP contribution in [-0.2, 0) is 16.1 Å². The third kappa shape index (κ3) is 3.81. The number of non-ortho nitro benzene ring substituents is 1. The van der Waals surface area contributed by atoms with Crippen LogP contribution < -0.4 is 5.32 Å². The number of nitro benzene ring substituents is 1. The largest absolute Gasteiger partial charge is 0.481 e. The second-order valence-corrected chi connectivity index (χ2v) is 4.79. The van der Waals surface area contributed by atoms with Crippen LogP contribution in [0.3, 0.4) is 0 Å². The maximum atomic E-state index is 11.8. The number of carbonyl (C=O) groups excluding carboxylic acids is 1. The van der Waals surface area contributed by atoms with Crippen molar-refractivity contribution in [3.05, 3.63) is 40.6 Å². The van der Waals surface area contributed by atoms with E-state index in [-0.39, 0.29) is 24.6 Å². The van der Waals surface area contributed by atoms with Gasteiger partial charge < -0.3 is 15.0 Å². The Hall–Kier alpha value is -2.90. The van der Waals surface area contributed by atoms with E-state index in [2.05, 4.69) is 5.32 Å². The van der Waals surface area contributed by atoms with Crippen molar-refractivity contribution >= 4 is 28.5 Å². The second-order valence-electron chi connectivity index (χ2n) is 4.79. The van der Waals surface area contributed by atoms with E-state index in [4.69, 9.17) is 5.11 Å². The maximum Gasteiger partial charge on any atom is 0.303 e. The molecule has 2 N–H and O–H groups in total. The predicted molar refractivity (Wildman–Crippen MR) is 78.5 cm³/mol. The molecular weight excluding hydrogens is 290 g/mol. The molecule has 0 saturated carbocycles. The van der Waals surface area contributed by atoms with Crippen molar-refractivity contribution in [2.75, 3.05) is 6.54 Å².